The summed E-state index contributed by atoms with van der Waals surface area (Å²) in [6, 6.07) is 2.46. The monoisotopic (exact) mass is 431 g/mol. The molecule has 0 spiro atoms. The predicted octanol–water partition coefficient (Wildman–Crippen LogP) is 2.12. The second-order valence-electron chi connectivity index (χ2n) is 8.40. The van der Waals surface area contributed by atoms with Gasteiger partial charge in [0.05, 0.1) is 28.7 Å². The molecule has 1 fully saturated rings. The molecule has 1 amide bonds. The number of pyridine rings is 1. The molecule has 0 radical (unpaired) electrons. The number of aryl methyl sites for hydroxylation is 2. The van der Waals surface area contributed by atoms with E-state index in [1.54, 1.807) is 29.2 Å². The molecule has 10 heteroatoms. The van der Waals surface area contributed by atoms with Crippen LogP contribution in [0.2, 0.25) is 0 Å². The fourth-order valence-electron chi connectivity index (χ4n) is 4.38. The molecule has 5 heterocycles. The van der Waals surface area contributed by atoms with E-state index in [0.717, 1.165) is 35.8 Å². The highest BCUT2D eigenvalue weighted by Gasteiger charge is 2.25. The predicted molar refractivity (Wildman–Crippen MR) is 122 cm³/mol. The van der Waals surface area contributed by atoms with Gasteiger partial charge in [0.1, 0.15) is 11.0 Å². The summed E-state index contributed by atoms with van der Waals surface area (Å²) in [4.78, 5) is 33.4. The molecule has 2 N–H and O–H groups in total. The van der Waals surface area contributed by atoms with E-state index in [1.165, 1.54) is 0 Å². The van der Waals surface area contributed by atoms with Gasteiger partial charge in [-0.25, -0.2) is 14.5 Å². The first kappa shape index (κ1) is 20.3. The third-order valence-corrected chi connectivity index (χ3v) is 5.58. The average molecular weight is 432 g/mol. The quantitative estimate of drug-likeness (QED) is 0.507. The number of amides is 1. The minimum atomic E-state index is -0.331. The molecule has 0 aliphatic carbocycles. The third kappa shape index (κ3) is 3.62. The van der Waals surface area contributed by atoms with Gasteiger partial charge in [0.25, 0.3) is 5.91 Å². The standard InChI is InChI=1S/C22H25N9O/c1-12-9-30(10-13(2)26-12)21-20-19(23-5-6-24-20)16(8-25-21)22(32)28-18-7-17-15(4)27-14(3)11-31(17)29-18/h5-8,11-13,26H,9-10H2,1-4H3,(H,28,29,32)/t12-,13-/m1/s1. The lowest BCUT2D eigenvalue weighted by Gasteiger charge is -2.37. The molecule has 2 atom stereocenters. The molecule has 0 unspecified atom stereocenters. The number of rotatable bonds is 3. The lowest BCUT2D eigenvalue weighted by Crippen LogP contribution is -2.54. The Labute approximate surface area is 185 Å². The van der Waals surface area contributed by atoms with E-state index in [0.29, 0.717) is 34.5 Å². The first-order chi connectivity index (χ1) is 15.4. The highest BCUT2D eigenvalue weighted by atomic mass is 16.1. The van der Waals surface area contributed by atoms with Gasteiger partial charge < -0.3 is 15.5 Å². The first-order valence-corrected chi connectivity index (χ1v) is 10.6. The molecule has 0 saturated carbocycles. The Morgan fingerprint density at radius 3 is 2.56 bits per heavy atom. The largest absolute Gasteiger partial charge is 0.352 e. The van der Waals surface area contributed by atoms with E-state index in [2.05, 4.69) is 54.4 Å². The molecular weight excluding hydrogens is 406 g/mol. The molecule has 0 bridgehead atoms. The normalized spacial score (nSPS) is 18.9. The average Bonchev–Trinajstić information content (AvgIpc) is 3.14. The topological polar surface area (TPSA) is 113 Å². The van der Waals surface area contributed by atoms with Crippen LogP contribution in [-0.4, -0.2) is 60.6 Å². The van der Waals surface area contributed by atoms with Crippen LogP contribution in [0.3, 0.4) is 0 Å². The fraction of sp³-hybridized carbons (Fsp3) is 0.364. The highest BCUT2D eigenvalue weighted by molar-refractivity contribution is 6.12. The van der Waals surface area contributed by atoms with Crippen molar-refractivity contribution in [2.45, 2.75) is 39.8 Å². The van der Waals surface area contributed by atoms with E-state index < -0.39 is 0 Å². The van der Waals surface area contributed by atoms with Crippen LogP contribution >= 0.6 is 0 Å². The van der Waals surface area contributed by atoms with Crippen LogP contribution in [-0.2, 0) is 0 Å². The second kappa shape index (κ2) is 7.79. The first-order valence-electron chi connectivity index (χ1n) is 10.6. The smallest absolute Gasteiger partial charge is 0.260 e. The lowest BCUT2D eigenvalue weighted by molar-refractivity contribution is 0.102. The zero-order valence-corrected chi connectivity index (χ0v) is 18.5. The number of anilines is 2. The van der Waals surface area contributed by atoms with Crippen molar-refractivity contribution in [3.05, 3.63) is 47.8 Å². The second-order valence-corrected chi connectivity index (χ2v) is 8.40. The summed E-state index contributed by atoms with van der Waals surface area (Å²) >= 11 is 0. The van der Waals surface area contributed by atoms with Crippen molar-refractivity contribution in [1.29, 1.82) is 0 Å². The Morgan fingerprint density at radius 1 is 1.09 bits per heavy atom. The van der Waals surface area contributed by atoms with Crippen molar-refractivity contribution in [3.8, 4) is 0 Å². The molecule has 0 aromatic carbocycles. The molecule has 4 aromatic heterocycles. The molecule has 10 nitrogen and oxygen atoms in total. The Kier molecular flexibility index (Phi) is 4.93. The summed E-state index contributed by atoms with van der Waals surface area (Å²) in [5, 5.41) is 10.8. The van der Waals surface area contributed by atoms with Crippen molar-refractivity contribution in [1.82, 2.24) is 34.9 Å². The molecule has 1 aliphatic heterocycles. The van der Waals surface area contributed by atoms with Gasteiger partial charge in [-0.3, -0.25) is 14.8 Å². The maximum atomic E-state index is 13.1. The SMILES string of the molecule is Cc1cn2nc(NC(=O)c3cnc(N4C[C@@H](C)N[C@H](C)C4)c4nccnc34)cc2c(C)n1. The Morgan fingerprint density at radius 2 is 1.81 bits per heavy atom. The van der Waals surface area contributed by atoms with Gasteiger partial charge in [0, 0.05) is 49.8 Å². The molecule has 4 aromatic rings. The summed E-state index contributed by atoms with van der Waals surface area (Å²) < 4.78 is 1.72. The van der Waals surface area contributed by atoms with Gasteiger partial charge in [-0.15, -0.1) is 5.10 Å². The van der Waals surface area contributed by atoms with E-state index in [9.17, 15) is 4.79 Å². The molecule has 5 rings (SSSR count). The molecule has 32 heavy (non-hydrogen) atoms. The van der Waals surface area contributed by atoms with Crippen molar-refractivity contribution in [3.63, 3.8) is 0 Å². The minimum absolute atomic E-state index is 0.326. The summed E-state index contributed by atoms with van der Waals surface area (Å²) in [6.45, 7) is 9.73. The van der Waals surface area contributed by atoms with Crippen LogP contribution in [0.1, 0.15) is 35.6 Å². The maximum Gasteiger partial charge on any atom is 0.260 e. The van der Waals surface area contributed by atoms with Crippen molar-refractivity contribution in [2.75, 3.05) is 23.3 Å². The number of piperazine rings is 1. The van der Waals surface area contributed by atoms with E-state index in [4.69, 9.17) is 0 Å². The molecular formula is C22H25N9O. The van der Waals surface area contributed by atoms with Gasteiger partial charge in [0.2, 0.25) is 0 Å². The summed E-state index contributed by atoms with van der Waals surface area (Å²) in [5.74, 6) is 0.855. The number of nitrogens with one attached hydrogen (secondary N) is 2. The van der Waals surface area contributed by atoms with Crippen LogP contribution in [0, 0.1) is 13.8 Å². The van der Waals surface area contributed by atoms with Gasteiger partial charge >= 0.3 is 0 Å². The van der Waals surface area contributed by atoms with Gasteiger partial charge in [0.15, 0.2) is 11.6 Å². The third-order valence-electron chi connectivity index (χ3n) is 5.58. The highest BCUT2D eigenvalue weighted by Crippen LogP contribution is 2.26. The Hall–Kier alpha value is -3.66. The van der Waals surface area contributed by atoms with Crippen LogP contribution in [0.4, 0.5) is 11.6 Å². The minimum Gasteiger partial charge on any atom is -0.352 e. The number of fused-ring (bicyclic) bond motifs is 2. The maximum absolute atomic E-state index is 13.1. The summed E-state index contributed by atoms with van der Waals surface area (Å²) in [7, 11) is 0. The Bertz CT molecular complexity index is 1320. The fourth-order valence-corrected chi connectivity index (χ4v) is 4.38. The van der Waals surface area contributed by atoms with Gasteiger partial charge in [-0.2, -0.15) is 0 Å². The van der Waals surface area contributed by atoms with E-state index in [-0.39, 0.29) is 5.91 Å². The lowest BCUT2D eigenvalue weighted by atomic mass is 10.1. The number of carbonyl (C=O) groups excluding carboxylic acids is 1. The number of hydrogen-bond donors (Lipinski definition) is 2. The van der Waals surface area contributed by atoms with Crippen LogP contribution < -0.4 is 15.5 Å². The Balaban J connectivity index is 1.49. The van der Waals surface area contributed by atoms with E-state index >= 15 is 0 Å². The van der Waals surface area contributed by atoms with Crippen LogP contribution in [0.15, 0.2) is 30.9 Å². The molecule has 1 saturated heterocycles. The van der Waals surface area contributed by atoms with Crippen LogP contribution in [0.5, 0.6) is 0 Å². The molecule has 164 valence electrons. The van der Waals surface area contributed by atoms with Gasteiger partial charge in [-0.1, -0.05) is 0 Å². The van der Waals surface area contributed by atoms with E-state index in [1.807, 2.05) is 20.0 Å². The number of aromatic nitrogens is 6. The van der Waals surface area contributed by atoms with Crippen molar-refractivity contribution < 1.29 is 4.79 Å². The van der Waals surface area contributed by atoms with Gasteiger partial charge in [-0.05, 0) is 27.7 Å². The summed E-state index contributed by atoms with van der Waals surface area (Å²) in [6.07, 6.45) is 6.62. The van der Waals surface area contributed by atoms with Crippen LogP contribution in [0.25, 0.3) is 16.6 Å². The zero-order valence-electron chi connectivity index (χ0n) is 18.5. The number of nitrogens with zero attached hydrogens (tertiary/aromatic N) is 7. The zero-order chi connectivity index (χ0) is 22.4. The van der Waals surface area contributed by atoms with Crippen molar-refractivity contribution >= 4 is 34.1 Å². The molecule has 1 aliphatic rings. The van der Waals surface area contributed by atoms with Crippen molar-refractivity contribution in [2.24, 2.45) is 0 Å². The number of hydrogen-bond acceptors (Lipinski definition) is 8. The number of carbonyl (C=O) groups is 1. The summed E-state index contributed by atoms with van der Waals surface area (Å²) in [5.41, 5.74) is 4.04.